The number of hydrogen-bond acceptors (Lipinski definition) is 3. The van der Waals surface area contributed by atoms with Crippen LogP contribution in [0.5, 0.6) is 0 Å². The van der Waals surface area contributed by atoms with Gasteiger partial charge in [-0.05, 0) is 24.6 Å². The number of aryl methyl sites for hydroxylation is 1. The summed E-state index contributed by atoms with van der Waals surface area (Å²) in [6.45, 7) is 10.0. The van der Waals surface area contributed by atoms with E-state index in [-0.39, 0.29) is 0 Å². The molecular weight excluding hydrogens is 302 g/mol. The molecule has 4 nitrogen and oxygen atoms in total. The average Bonchev–Trinajstić information content (AvgIpc) is 2.72. The largest absolute Gasteiger partial charge is 0.361 e. The fourth-order valence-electron chi connectivity index (χ4n) is 2.16. The summed E-state index contributed by atoms with van der Waals surface area (Å²) < 4.78 is 7.60. The monoisotopic (exact) mass is 321 g/mol. The minimum absolute atomic E-state index is 0.398. The Kier molecular flexibility index (Phi) is 4.72. The number of hydrogen-bond donors (Lipinski definition) is 0. The normalized spacial score (nSPS) is 11.8. The molecule has 2 aromatic heterocycles. The number of nitriles is 1. The van der Waals surface area contributed by atoms with Gasteiger partial charge < -0.3 is 9.30 Å². The Balaban J connectivity index is 2.23. The SMILES string of the molecule is Cc1cc(Cl)nc2c1c(C#N)cn2COCC[Si](C)(C)C. The van der Waals surface area contributed by atoms with Gasteiger partial charge in [-0.25, -0.2) is 4.98 Å². The first-order chi connectivity index (χ1) is 9.81. The Morgan fingerprint density at radius 2 is 2.14 bits per heavy atom. The molecule has 6 heteroatoms. The summed E-state index contributed by atoms with van der Waals surface area (Å²) in [6.07, 6.45) is 1.79. The first-order valence-corrected chi connectivity index (χ1v) is 11.0. The van der Waals surface area contributed by atoms with Crippen LogP contribution in [0.4, 0.5) is 0 Å². The van der Waals surface area contributed by atoms with E-state index in [9.17, 15) is 5.26 Å². The molecule has 0 aromatic carbocycles. The number of ether oxygens (including phenoxy) is 1. The molecule has 0 amide bonds. The molecule has 2 rings (SSSR count). The molecular formula is C15H20ClN3OSi. The molecule has 0 fully saturated rings. The van der Waals surface area contributed by atoms with Crippen molar-refractivity contribution in [3.63, 3.8) is 0 Å². The summed E-state index contributed by atoms with van der Waals surface area (Å²) in [5.41, 5.74) is 2.28. The van der Waals surface area contributed by atoms with Gasteiger partial charge in [0, 0.05) is 26.3 Å². The molecule has 0 aliphatic heterocycles. The first kappa shape index (κ1) is 16.0. The molecule has 0 spiro atoms. The van der Waals surface area contributed by atoms with E-state index in [1.54, 1.807) is 12.3 Å². The van der Waals surface area contributed by atoms with Gasteiger partial charge in [-0.3, -0.25) is 0 Å². The van der Waals surface area contributed by atoms with Crippen molar-refractivity contribution in [1.29, 1.82) is 5.26 Å². The van der Waals surface area contributed by atoms with Gasteiger partial charge in [0.25, 0.3) is 0 Å². The van der Waals surface area contributed by atoms with Crippen molar-refractivity contribution >= 4 is 30.7 Å². The van der Waals surface area contributed by atoms with Crippen molar-refractivity contribution in [3.8, 4) is 6.07 Å². The number of halogens is 1. The van der Waals surface area contributed by atoms with E-state index in [1.165, 1.54) is 0 Å². The lowest BCUT2D eigenvalue weighted by atomic mass is 10.1. The van der Waals surface area contributed by atoms with Crippen molar-refractivity contribution in [3.05, 3.63) is 28.5 Å². The van der Waals surface area contributed by atoms with Gasteiger partial charge in [-0.1, -0.05) is 31.2 Å². The van der Waals surface area contributed by atoms with Crippen molar-refractivity contribution in [2.75, 3.05) is 6.61 Å². The molecule has 21 heavy (non-hydrogen) atoms. The molecule has 2 aromatic rings. The summed E-state index contributed by atoms with van der Waals surface area (Å²) in [4.78, 5) is 4.34. The zero-order chi connectivity index (χ0) is 15.6. The van der Waals surface area contributed by atoms with Crippen LogP contribution in [0.25, 0.3) is 11.0 Å². The molecule has 0 aliphatic rings. The predicted molar refractivity (Wildman–Crippen MR) is 88.3 cm³/mol. The topological polar surface area (TPSA) is 50.8 Å². The van der Waals surface area contributed by atoms with Crippen LogP contribution in [0.1, 0.15) is 11.1 Å². The molecule has 0 aliphatic carbocycles. The van der Waals surface area contributed by atoms with Crippen LogP contribution in [-0.2, 0) is 11.5 Å². The van der Waals surface area contributed by atoms with Gasteiger partial charge in [0.2, 0.25) is 0 Å². The van der Waals surface area contributed by atoms with E-state index in [0.29, 0.717) is 23.1 Å². The number of rotatable bonds is 5. The summed E-state index contributed by atoms with van der Waals surface area (Å²) in [7, 11) is -1.09. The Bertz CT molecular complexity index is 697. The summed E-state index contributed by atoms with van der Waals surface area (Å²) in [5, 5.41) is 10.6. The van der Waals surface area contributed by atoms with Gasteiger partial charge in [0.05, 0.1) is 5.56 Å². The standard InChI is InChI=1S/C15H20ClN3OSi/c1-11-7-13(16)18-15-14(11)12(8-17)9-19(15)10-20-5-6-21(2,3)4/h7,9H,5-6,10H2,1-4H3. The summed E-state index contributed by atoms with van der Waals surface area (Å²) in [5.74, 6) is 0. The molecule has 0 N–H and O–H groups in total. The Labute approximate surface area is 131 Å². The third-order valence-corrected chi connectivity index (χ3v) is 5.24. The second-order valence-corrected chi connectivity index (χ2v) is 12.4. The minimum atomic E-state index is -1.09. The van der Waals surface area contributed by atoms with Crippen LogP contribution < -0.4 is 0 Å². The first-order valence-electron chi connectivity index (χ1n) is 6.95. The third-order valence-electron chi connectivity index (χ3n) is 3.34. The zero-order valence-electron chi connectivity index (χ0n) is 12.9. The highest BCUT2D eigenvalue weighted by atomic mass is 35.5. The minimum Gasteiger partial charge on any atom is -0.361 e. The third kappa shape index (κ3) is 3.85. The summed E-state index contributed by atoms with van der Waals surface area (Å²) in [6, 6.07) is 5.11. The van der Waals surface area contributed by atoms with Crippen LogP contribution in [0.15, 0.2) is 12.3 Å². The van der Waals surface area contributed by atoms with Gasteiger partial charge >= 0.3 is 0 Å². The fourth-order valence-corrected chi connectivity index (χ4v) is 3.16. The maximum atomic E-state index is 9.26. The highest BCUT2D eigenvalue weighted by Crippen LogP contribution is 2.25. The van der Waals surface area contributed by atoms with Crippen molar-refractivity contribution in [2.24, 2.45) is 0 Å². The highest BCUT2D eigenvalue weighted by molar-refractivity contribution is 6.76. The second-order valence-electron chi connectivity index (χ2n) is 6.43. The lowest BCUT2D eigenvalue weighted by Crippen LogP contribution is -2.22. The van der Waals surface area contributed by atoms with E-state index < -0.39 is 8.07 Å². The Hall–Kier alpha value is -1.35. The van der Waals surface area contributed by atoms with E-state index in [1.807, 2.05) is 11.5 Å². The quantitative estimate of drug-likeness (QED) is 0.471. The zero-order valence-corrected chi connectivity index (χ0v) is 14.7. The summed E-state index contributed by atoms with van der Waals surface area (Å²) >= 11 is 6.03. The maximum Gasteiger partial charge on any atom is 0.145 e. The van der Waals surface area contributed by atoms with Crippen molar-refractivity contribution in [2.45, 2.75) is 39.3 Å². The van der Waals surface area contributed by atoms with Crippen LogP contribution in [-0.4, -0.2) is 24.2 Å². The molecule has 0 radical (unpaired) electrons. The maximum absolute atomic E-state index is 9.26. The molecule has 0 atom stereocenters. The fraction of sp³-hybridized carbons (Fsp3) is 0.467. The van der Waals surface area contributed by atoms with E-state index >= 15 is 0 Å². The Morgan fingerprint density at radius 1 is 1.43 bits per heavy atom. The van der Waals surface area contributed by atoms with Crippen LogP contribution in [0.3, 0.4) is 0 Å². The van der Waals surface area contributed by atoms with Gasteiger partial charge in [0.1, 0.15) is 23.6 Å². The van der Waals surface area contributed by atoms with Crippen LogP contribution >= 0.6 is 11.6 Å². The molecule has 112 valence electrons. The number of aromatic nitrogens is 2. The smallest absolute Gasteiger partial charge is 0.145 e. The van der Waals surface area contributed by atoms with E-state index in [2.05, 4.69) is 30.7 Å². The molecule has 0 saturated carbocycles. The lowest BCUT2D eigenvalue weighted by Gasteiger charge is -2.15. The van der Waals surface area contributed by atoms with Crippen molar-refractivity contribution in [1.82, 2.24) is 9.55 Å². The van der Waals surface area contributed by atoms with Gasteiger partial charge in [0.15, 0.2) is 0 Å². The molecule has 0 unspecified atom stereocenters. The number of fused-ring (bicyclic) bond motifs is 1. The lowest BCUT2D eigenvalue weighted by molar-refractivity contribution is 0.0898. The van der Waals surface area contributed by atoms with Gasteiger partial charge in [-0.15, -0.1) is 0 Å². The Morgan fingerprint density at radius 3 is 2.76 bits per heavy atom. The van der Waals surface area contributed by atoms with Crippen LogP contribution in [0, 0.1) is 18.3 Å². The number of pyridine rings is 1. The molecule has 0 bridgehead atoms. The van der Waals surface area contributed by atoms with E-state index in [4.69, 9.17) is 16.3 Å². The average molecular weight is 322 g/mol. The molecule has 0 saturated heterocycles. The predicted octanol–water partition coefficient (Wildman–Crippen LogP) is 4.18. The van der Waals surface area contributed by atoms with Gasteiger partial charge in [-0.2, -0.15) is 5.26 Å². The highest BCUT2D eigenvalue weighted by Gasteiger charge is 2.15. The number of nitrogens with zero attached hydrogens (tertiary/aromatic N) is 3. The second kappa shape index (κ2) is 6.18. The van der Waals surface area contributed by atoms with Crippen molar-refractivity contribution < 1.29 is 4.74 Å². The van der Waals surface area contributed by atoms with Crippen LogP contribution in [0.2, 0.25) is 30.8 Å². The molecule has 2 heterocycles. The van der Waals surface area contributed by atoms with E-state index in [0.717, 1.165) is 23.6 Å².